The van der Waals surface area contributed by atoms with Gasteiger partial charge in [-0.2, -0.15) is 0 Å². The Kier molecular flexibility index (Phi) is 24.6. The Morgan fingerprint density at radius 3 is 2.00 bits per heavy atom. The molecule has 12 atom stereocenters. The largest absolute Gasteiger partial charge is 0.389 e. The molecule has 1 aromatic carbocycles. The van der Waals surface area contributed by atoms with Crippen LogP contribution < -0.4 is 38.3 Å². The number of amides is 5. The van der Waals surface area contributed by atoms with Gasteiger partial charge in [-0.05, 0) is 66.1 Å². The maximum absolute atomic E-state index is 17.1. The predicted molar refractivity (Wildman–Crippen MR) is 323 cm³/mol. The number of aromatic nitrogens is 8. The van der Waals surface area contributed by atoms with Gasteiger partial charge in [-0.3, -0.25) is 41.9 Å². The fourth-order valence-electron chi connectivity index (χ4n) is 10.4. The van der Waals surface area contributed by atoms with E-state index < -0.39 is 111 Å². The van der Waals surface area contributed by atoms with Crippen LogP contribution >= 0.6 is 24.9 Å². The topological polar surface area (TPSA) is 368 Å². The lowest BCUT2D eigenvalue weighted by Gasteiger charge is -2.30. The van der Waals surface area contributed by atoms with E-state index in [4.69, 9.17) is 50.8 Å². The Bertz CT molecular complexity index is 3280. The SMILES string of the molecule is CCCCCCCCCCCCCCCC(=O)N[C@H](C(=O)N[C@@H](CCCNC(N)=O)C(=O)Nc1ccc(CSP2(=O)OC[C@H]3O[C@@H](n4cnc5c(N)ncnc54)[C@H](F)[C@@H]3OP(O)(=S)OC[C@H]3O[C@@H](n4cnc5c(=O)[nH]cnc54)[C@H](F)[C@@H]3O2)cc1)C(C)C. The number of nitrogens with zero attached hydrogens (tertiary/aromatic N) is 7. The van der Waals surface area contributed by atoms with Crippen LogP contribution in [0.2, 0.25) is 0 Å². The zero-order valence-electron chi connectivity index (χ0n) is 48.7. The van der Waals surface area contributed by atoms with Gasteiger partial charge in [0.05, 0.1) is 32.2 Å². The van der Waals surface area contributed by atoms with Gasteiger partial charge in [0, 0.05) is 24.4 Å². The lowest BCUT2D eigenvalue weighted by Crippen LogP contribution is -2.54. The summed E-state index contributed by atoms with van der Waals surface area (Å²) in [5.41, 5.74) is 11.5. The Morgan fingerprint density at radius 2 is 1.38 bits per heavy atom. The van der Waals surface area contributed by atoms with Crippen LogP contribution in [-0.2, 0) is 64.1 Å². The molecule has 5 aromatic rings. The van der Waals surface area contributed by atoms with Crippen LogP contribution in [0.4, 0.5) is 25.1 Å². The minimum absolute atomic E-state index is 0.00509. The molecule has 7 heterocycles. The van der Waals surface area contributed by atoms with E-state index in [1.54, 1.807) is 38.1 Å². The van der Waals surface area contributed by atoms with Crippen molar-refractivity contribution < 1.29 is 65.0 Å². The van der Waals surface area contributed by atoms with E-state index in [1.165, 1.54) is 68.7 Å². The smallest absolute Gasteiger partial charge is 0.382 e. The van der Waals surface area contributed by atoms with Gasteiger partial charge in [-0.1, -0.05) is 110 Å². The lowest BCUT2D eigenvalue weighted by molar-refractivity contribution is -0.132. The number of alkyl halides is 2. The number of unbranched alkanes of at least 4 members (excludes halogenated alkanes) is 12. The number of nitrogens with two attached hydrogens (primary N) is 2. The van der Waals surface area contributed by atoms with Crippen LogP contribution in [0.15, 0.2) is 54.4 Å². The van der Waals surface area contributed by atoms with Gasteiger partial charge in [-0.25, -0.2) is 43.1 Å². The summed E-state index contributed by atoms with van der Waals surface area (Å²) >= 11 is 5.96. The minimum atomic E-state index is -4.67. The molecule has 478 valence electrons. The normalized spacial score (nSPS) is 25.7. The number of aromatic amines is 1. The fourth-order valence-corrected chi connectivity index (χ4v) is 15.2. The minimum Gasteiger partial charge on any atom is -0.382 e. The number of carbonyl (C=O) groups excluding carboxylic acids is 4. The molecule has 0 saturated carbocycles. The third-order valence-corrected chi connectivity index (χ3v) is 20.3. The molecule has 27 nitrogen and oxygen atoms in total. The number of hydrogen-bond acceptors (Lipinski definition) is 20. The molecule has 33 heteroatoms. The number of fused-ring (bicyclic) bond motifs is 4. The van der Waals surface area contributed by atoms with Crippen molar-refractivity contribution in [3.8, 4) is 0 Å². The highest BCUT2D eigenvalue weighted by Crippen LogP contribution is 2.65. The van der Waals surface area contributed by atoms with Gasteiger partial charge in [0.2, 0.25) is 17.7 Å². The van der Waals surface area contributed by atoms with E-state index in [0.717, 1.165) is 42.8 Å². The molecule has 3 aliphatic heterocycles. The van der Waals surface area contributed by atoms with E-state index in [1.807, 2.05) is 0 Å². The lowest BCUT2D eigenvalue weighted by atomic mass is 10.0. The summed E-state index contributed by atoms with van der Waals surface area (Å²) in [7, 11) is 0. The molecule has 0 spiro atoms. The van der Waals surface area contributed by atoms with Crippen molar-refractivity contribution in [1.29, 1.82) is 0 Å². The van der Waals surface area contributed by atoms with Crippen LogP contribution in [0.5, 0.6) is 0 Å². The summed E-state index contributed by atoms with van der Waals surface area (Å²) in [6.45, 7) is -4.66. The third kappa shape index (κ3) is 18.3. The summed E-state index contributed by atoms with van der Waals surface area (Å²) in [6, 6.07) is 3.48. The second-order valence-corrected chi connectivity index (χ2v) is 28.9. The summed E-state index contributed by atoms with van der Waals surface area (Å²) in [4.78, 5) is 99.3. The van der Waals surface area contributed by atoms with Gasteiger partial charge in [-0.15, -0.1) is 0 Å². The Balaban J connectivity index is 0.927. The number of anilines is 2. The van der Waals surface area contributed by atoms with Crippen molar-refractivity contribution >= 4 is 94.3 Å². The number of urea groups is 1. The number of primary amides is 1. The van der Waals surface area contributed by atoms with Crippen LogP contribution in [-0.4, -0.2) is 136 Å². The number of rotatable bonds is 29. The molecule has 5 amide bonds. The van der Waals surface area contributed by atoms with E-state index in [-0.39, 0.29) is 71.5 Å². The third-order valence-electron chi connectivity index (χ3n) is 15.1. The van der Waals surface area contributed by atoms with E-state index in [0.29, 0.717) is 29.1 Å². The first kappa shape index (κ1) is 67.3. The number of nitrogen functional groups attached to an aromatic ring is 1. The average Bonchev–Trinajstić information content (AvgIpc) is 1.69. The molecule has 10 N–H and O–H groups in total. The number of carbonyl (C=O) groups is 4. The van der Waals surface area contributed by atoms with Crippen molar-refractivity contribution in [1.82, 2.24) is 55.0 Å². The molecule has 0 radical (unpaired) electrons. The van der Waals surface area contributed by atoms with E-state index in [2.05, 4.69) is 58.1 Å². The number of halogens is 2. The quantitative estimate of drug-likeness (QED) is 0.0169. The van der Waals surface area contributed by atoms with Crippen molar-refractivity contribution in [2.24, 2.45) is 11.7 Å². The first-order valence-electron chi connectivity index (χ1n) is 29.4. The number of imidazole rings is 2. The molecule has 87 heavy (non-hydrogen) atoms. The number of nitrogens with one attached hydrogen (secondary N) is 5. The molecule has 2 unspecified atom stereocenters. The molecular weight excluding hydrogens is 1220 g/mol. The number of ether oxygens (including phenoxy) is 2. The summed E-state index contributed by atoms with van der Waals surface area (Å²) < 4.78 is 87.3. The highest BCUT2D eigenvalue weighted by atomic mass is 32.7. The zero-order chi connectivity index (χ0) is 62.3. The van der Waals surface area contributed by atoms with E-state index >= 15 is 13.3 Å². The van der Waals surface area contributed by atoms with Crippen molar-refractivity contribution in [3.05, 3.63) is 65.5 Å². The maximum atomic E-state index is 17.1. The Labute approximate surface area is 510 Å². The van der Waals surface area contributed by atoms with Gasteiger partial charge < -0.3 is 56.6 Å². The van der Waals surface area contributed by atoms with Crippen LogP contribution in [0.3, 0.4) is 0 Å². The number of benzene rings is 1. The van der Waals surface area contributed by atoms with Crippen molar-refractivity contribution in [2.45, 2.75) is 191 Å². The van der Waals surface area contributed by atoms with E-state index in [9.17, 15) is 28.9 Å². The highest BCUT2D eigenvalue weighted by molar-refractivity contribution is 8.54. The van der Waals surface area contributed by atoms with Crippen LogP contribution in [0.1, 0.15) is 142 Å². The van der Waals surface area contributed by atoms with Gasteiger partial charge in [0.25, 0.3) is 5.56 Å². The summed E-state index contributed by atoms with van der Waals surface area (Å²) in [5.74, 6) is -1.88. The number of H-pyrrole nitrogens is 1. The van der Waals surface area contributed by atoms with Crippen LogP contribution in [0, 0.1) is 5.92 Å². The first-order valence-corrected chi connectivity index (χ1v) is 35.2. The molecule has 3 saturated heterocycles. The molecule has 4 aromatic heterocycles. The monoisotopic (exact) mass is 1290 g/mol. The first-order chi connectivity index (χ1) is 41.7. The maximum Gasteiger partial charge on any atom is 0.389 e. The second-order valence-electron chi connectivity index (χ2n) is 22.0. The molecule has 0 bridgehead atoms. The zero-order valence-corrected chi connectivity index (χ0v) is 52.1. The second kappa shape index (κ2) is 31.7. The highest BCUT2D eigenvalue weighted by Gasteiger charge is 2.55. The fraction of sp³-hybridized carbons (Fsp3) is 0.630. The Hall–Kier alpha value is -5.59. The predicted octanol–water partition coefficient (Wildman–Crippen LogP) is 7.58. The molecule has 3 fully saturated rings. The van der Waals surface area contributed by atoms with Crippen molar-refractivity contribution in [2.75, 3.05) is 30.8 Å². The van der Waals surface area contributed by atoms with Gasteiger partial charge in [0.15, 0.2) is 47.4 Å². The standard InChI is InChI=1S/C54H78F2N14O13P2S2/c1-4-5-6-7-8-9-10-11-12-13-14-15-16-19-38(71)68-41(32(2)3)51(74)67-35(18-17-24-59-54(58)75)49(72)66-34-22-20-33(21-23-34)27-87-85(77)79-26-37-44(39(55)52(81-37)69-30-64-42-46(57)60-28-61-47(42)69)82-84(76,86)78-25-36-45(83-85)40(56)53(80-36)70-31-65-43-48(70)62-29-63-50(43)73/h20-23,28-32,35-37,39-41,44-45,52-53H,4-19,24-27H2,1-3H3,(H,66,72)(H,67,74)(H,68,71)(H,76,86)(H2,57,60,61)(H3,58,59,75)(H,62,63,73)/t35-,36+,37+,39+,40+,41-,44+,45+,52+,53+,84?,85?/m0/s1. The number of hydrogen-bond donors (Lipinski definition) is 8. The van der Waals surface area contributed by atoms with Gasteiger partial charge >= 0.3 is 19.5 Å². The average molecular weight is 1300 g/mol. The van der Waals surface area contributed by atoms with Crippen LogP contribution in [0.25, 0.3) is 22.3 Å². The molecule has 0 aliphatic carbocycles. The summed E-state index contributed by atoms with van der Waals surface area (Å²) in [6.07, 6.45) is 6.38. The summed E-state index contributed by atoms with van der Waals surface area (Å²) in [5, 5.41) is 11.0. The van der Waals surface area contributed by atoms with Gasteiger partial charge in [0.1, 0.15) is 48.3 Å². The molecule has 3 aliphatic rings. The Morgan fingerprint density at radius 1 is 0.793 bits per heavy atom. The molecule has 8 rings (SSSR count). The molecular formula is C54H78F2N14O13P2S2. The van der Waals surface area contributed by atoms with Crippen molar-refractivity contribution in [3.63, 3.8) is 0 Å².